The van der Waals surface area contributed by atoms with Gasteiger partial charge in [0.2, 0.25) is 0 Å². The molecule has 3 rings (SSSR count). The first-order valence-electron chi connectivity index (χ1n) is 7.92. The van der Waals surface area contributed by atoms with Crippen LogP contribution in [0.2, 0.25) is 0 Å². The zero-order valence-electron chi connectivity index (χ0n) is 13.0. The third-order valence-corrected chi connectivity index (χ3v) is 5.19. The quantitative estimate of drug-likeness (QED) is 0.723. The van der Waals surface area contributed by atoms with E-state index < -0.39 is 0 Å². The van der Waals surface area contributed by atoms with Crippen molar-refractivity contribution in [2.75, 3.05) is 37.6 Å². The van der Waals surface area contributed by atoms with Gasteiger partial charge >= 0.3 is 0 Å². The summed E-state index contributed by atoms with van der Waals surface area (Å²) < 4.78 is 1.16. The van der Waals surface area contributed by atoms with Gasteiger partial charge in [-0.2, -0.15) is 0 Å². The highest BCUT2D eigenvalue weighted by Crippen LogP contribution is 2.25. The molecule has 2 aliphatic rings. The molecular formula is C16H26BrClN4. The fourth-order valence-electron chi connectivity index (χ4n) is 3.27. The van der Waals surface area contributed by atoms with Gasteiger partial charge in [-0.05, 0) is 44.0 Å². The van der Waals surface area contributed by atoms with Crippen molar-refractivity contribution < 1.29 is 0 Å². The van der Waals surface area contributed by atoms with E-state index in [4.69, 9.17) is 0 Å². The summed E-state index contributed by atoms with van der Waals surface area (Å²) in [5.74, 6) is 1.47. The molecular weight excluding hydrogens is 364 g/mol. The lowest BCUT2D eigenvalue weighted by atomic mass is 10.0. The highest BCUT2D eigenvalue weighted by molar-refractivity contribution is 9.10. The Kier molecular flexibility index (Phi) is 6.96. The first kappa shape index (κ1) is 18.0. The topological polar surface area (TPSA) is 39.3 Å². The molecule has 1 aromatic rings. The van der Waals surface area contributed by atoms with E-state index >= 15 is 0 Å². The Morgan fingerprint density at radius 2 is 2.23 bits per heavy atom. The van der Waals surface area contributed by atoms with Crippen LogP contribution in [-0.4, -0.2) is 38.8 Å². The summed E-state index contributed by atoms with van der Waals surface area (Å²) in [5.41, 5.74) is 7.85. The molecule has 2 heterocycles. The minimum atomic E-state index is 0. The van der Waals surface area contributed by atoms with Crippen molar-refractivity contribution in [2.24, 2.45) is 11.8 Å². The van der Waals surface area contributed by atoms with Gasteiger partial charge in [-0.25, -0.2) is 0 Å². The van der Waals surface area contributed by atoms with Crippen LogP contribution in [0.4, 0.5) is 5.69 Å². The van der Waals surface area contributed by atoms with E-state index in [0.717, 1.165) is 30.0 Å². The smallest absolute Gasteiger partial charge is 0.0377 e. The second-order valence-corrected chi connectivity index (χ2v) is 7.23. The van der Waals surface area contributed by atoms with E-state index in [-0.39, 0.29) is 12.4 Å². The normalized spacial score (nSPS) is 27.9. The number of benzene rings is 1. The van der Waals surface area contributed by atoms with Gasteiger partial charge in [0.15, 0.2) is 0 Å². The molecule has 2 saturated heterocycles. The van der Waals surface area contributed by atoms with E-state index in [1.54, 1.807) is 0 Å². The Balaban J connectivity index is 0.00000176. The van der Waals surface area contributed by atoms with Crippen molar-refractivity contribution in [3.8, 4) is 0 Å². The molecule has 0 amide bonds. The third-order valence-electron chi connectivity index (χ3n) is 4.70. The zero-order chi connectivity index (χ0) is 14.7. The number of hydrogen-bond acceptors (Lipinski definition) is 4. The number of nitrogens with one attached hydrogen (secondary N) is 3. The van der Waals surface area contributed by atoms with Crippen LogP contribution in [0.5, 0.6) is 0 Å². The average molecular weight is 390 g/mol. The number of hydrazine groups is 1. The average Bonchev–Trinajstić information content (AvgIpc) is 3.09. The molecule has 124 valence electrons. The first-order valence-corrected chi connectivity index (χ1v) is 8.71. The number of anilines is 1. The van der Waals surface area contributed by atoms with Crippen molar-refractivity contribution >= 4 is 34.0 Å². The van der Waals surface area contributed by atoms with E-state index in [9.17, 15) is 0 Å². The molecule has 0 saturated carbocycles. The molecule has 4 nitrogen and oxygen atoms in total. The monoisotopic (exact) mass is 388 g/mol. The van der Waals surface area contributed by atoms with Gasteiger partial charge in [-0.1, -0.05) is 22.0 Å². The Morgan fingerprint density at radius 1 is 1.36 bits per heavy atom. The van der Waals surface area contributed by atoms with Gasteiger partial charge in [0.05, 0.1) is 0 Å². The standard InChI is InChI=1S/C16H25BrN4.ClH/c1-12-14(10-19-20-12)9-18-8-13-5-6-21(11-13)16-4-2-3-15(17)7-16;/h2-4,7,12-14,18-20H,5-6,8-11H2,1H3;1H. The Labute approximate surface area is 147 Å². The Hall–Kier alpha value is -0.330. The first-order chi connectivity index (χ1) is 10.2. The summed E-state index contributed by atoms with van der Waals surface area (Å²) in [5, 5.41) is 3.67. The highest BCUT2D eigenvalue weighted by Gasteiger charge is 2.25. The van der Waals surface area contributed by atoms with Gasteiger partial charge in [0.1, 0.15) is 0 Å². The van der Waals surface area contributed by atoms with Crippen molar-refractivity contribution in [1.82, 2.24) is 16.2 Å². The molecule has 6 heteroatoms. The molecule has 22 heavy (non-hydrogen) atoms. The lowest BCUT2D eigenvalue weighted by Crippen LogP contribution is -2.35. The summed E-state index contributed by atoms with van der Waals surface area (Å²) in [6, 6.07) is 9.20. The van der Waals surface area contributed by atoms with E-state index in [0.29, 0.717) is 12.0 Å². The molecule has 3 atom stereocenters. The lowest BCUT2D eigenvalue weighted by Gasteiger charge is -2.20. The summed E-state index contributed by atoms with van der Waals surface area (Å²) >= 11 is 3.56. The molecule has 3 N–H and O–H groups in total. The van der Waals surface area contributed by atoms with Gasteiger partial charge in [0, 0.05) is 48.3 Å². The van der Waals surface area contributed by atoms with Crippen LogP contribution in [0.15, 0.2) is 28.7 Å². The third kappa shape index (κ3) is 4.59. The Morgan fingerprint density at radius 3 is 2.95 bits per heavy atom. The minimum absolute atomic E-state index is 0. The predicted molar refractivity (Wildman–Crippen MR) is 98.7 cm³/mol. The van der Waals surface area contributed by atoms with Crippen molar-refractivity contribution in [3.05, 3.63) is 28.7 Å². The summed E-state index contributed by atoms with van der Waals surface area (Å²) in [6.45, 7) is 7.90. The van der Waals surface area contributed by atoms with Crippen LogP contribution in [0.3, 0.4) is 0 Å². The summed E-state index contributed by atoms with van der Waals surface area (Å²) in [6.07, 6.45) is 1.29. The van der Waals surface area contributed by atoms with Crippen LogP contribution >= 0.6 is 28.3 Å². The highest BCUT2D eigenvalue weighted by atomic mass is 79.9. The lowest BCUT2D eigenvalue weighted by molar-refractivity contribution is 0.427. The van der Waals surface area contributed by atoms with Crippen LogP contribution in [-0.2, 0) is 0 Å². The zero-order valence-corrected chi connectivity index (χ0v) is 15.4. The second kappa shape index (κ2) is 8.50. The van der Waals surface area contributed by atoms with Crippen molar-refractivity contribution in [3.63, 3.8) is 0 Å². The van der Waals surface area contributed by atoms with Gasteiger partial charge in [-0.15, -0.1) is 12.4 Å². The number of hydrogen-bond donors (Lipinski definition) is 3. The van der Waals surface area contributed by atoms with Gasteiger partial charge in [-0.3, -0.25) is 10.9 Å². The molecule has 1 aromatic carbocycles. The molecule has 0 spiro atoms. The van der Waals surface area contributed by atoms with Crippen LogP contribution < -0.4 is 21.1 Å². The number of nitrogens with zero attached hydrogens (tertiary/aromatic N) is 1. The maximum absolute atomic E-state index is 3.67. The fourth-order valence-corrected chi connectivity index (χ4v) is 3.66. The van der Waals surface area contributed by atoms with Crippen LogP contribution in [0.1, 0.15) is 13.3 Å². The van der Waals surface area contributed by atoms with E-state index in [2.05, 4.69) is 68.2 Å². The molecule has 3 unspecified atom stereocenters. The van der Waals surface area contributed by atoms with E-state index in [1.807, 2.05) is 0 Å². The summed E-state index contributed by atoms with van der Waals surface area (Å²) in [7, 11) is 0. The SMILES string of the molecule is CC1NNCC1CNCC1CCN(c2cccc(Br)c2)C1.Cl. The number of halogens is 2. The predicted octanol–water partition coefficient (Wildman–Crippen LogP) is 2.40. The van der Waals surface area contributed by atoms with Crippen molar-refractivity contribution in [2.45, 2.75) is 19.4 Å². The molecule has 0 aliphatic carbocycles. The maximum Gasteiger partial charge on any atom is 0.0377 e. The molecule has 0 aromatic heterocycles. The Bertz CT molecular complexity index is 473. The van der Waals surface area contributed by atoms with Crippen LogP contribution in [0.25, 0.3) is 0 Å². The van der Waals surface area contributed by atoms with Crippen LogP contribution in [0, 0.1) is 11.8 Å². The molecule has 2 aliphatic heterocycles. The number of rotatable bonds is 5. The van der Waals surface area contributed by atoms with Gasteiger partial charge < -0.3 is 10.2 Å². The fraction of sp³-hybridized carbons (Fsp3) is 0.625. The molecule has 2 fully saturated rings. The van der Waals surface area contributed by atoms with Gasteiger partial charge in [0.25, 0.3) is 0 Å². The van der Waals surface area contributed by atoms with E-state index in [1.165, 1.54) is 25.2 Å². The maximum atomic E-state index is 3.67. The second-order valence-electron chi connectivity index (χ2n) is 6.31. The van der Waals surface area contributed by atoms with Crippen molar-refractivity contribution in [1.29, 1.82) is 0 Å². The largest absolute Gasteiger partial charge is 0.371 e. The summed E-state index contributed by atoms with van der Waals surface area (Å²) in [4.78, 5) is 2.50. The molecule has 0 radical (unpaired) electrons. The molecule has 0 bridgehead atoms. The minimum Gasteiger partial charge on any atom is -0.371 e.